The summed E-state index contributed by atoms with van der Waals surface area (Å²) in [5.74, 6) is 0.834. The lowest BCUT2D eigenvalue weighted by molar-refractivity contribution is -0.384. The van der Waals surface area contributed by atoms with Crippen LogP contribution in [0, 0.1) is 21.4 Å². The molecular weight excluding hydrogens is 386 g/mol. The summed E-state index contributed by atoms with van der Waals surface area (Å²) in [5.41, 5.74) is 1.02. The van der Waals surface area contributed by atoms with Crippen molar-refractivity contribution in [2.75, 3.05) is 18.0 Å². The third kappa shape index (κ3) is 4.09. The van der Waals surface area contributed by atoms with E-state index in [2.05, 4.69) is 26.9 Å². The minimum Gasteiger partial charge on any atom is -0.490 e. The van der Waals surface area contributed by atoms with Gasteiger partial charge in [-0.1, -0.05) is 22.0 Å². The lowest BCUT2D eigenvalue weighted by Crippen LogP contribution is -2.38. The number of nitro groups is 1. The number of anilines is 1. The highest BCUT2D eigenvalue weighted by Gasteiger charge is 2.23. The van der Waals surface area contributed by atoms with Gasteiger partial charge in [0.1, 0.15) is 17.9 Å². The third-order valence-electron chi connectivity index (χ3n) is 4.19. The first-order valence-electron chi connectivity index (χ1n) is 7.92. The third-order valence-corrected chi connectivity index (χ3v) is 4.69. The Morgan fingerprint density at radius 1 is 1.24 bits per heavy atom. The molecule has 1 aliphatic rings. The van der Waals surface area contributed by atoms with Crippen LogP contribution in [0.3, 0.4) is 0 Å². The van der Waals surface area contributed by atoms with Crippen molar-refractivity contribution in [3.63, 3.8) is 0 Å². The summed E-state index contributed by atoms with van der Waals surface area (Å²) in [6, 6.07) is 14.3. The first-order chi connectivity index (χ1) is 12.1. The van der Waals surface area contributed by atoms with Gasteiger partial charge in [-0.2, -0.15) is 5.26 Å². The van der Waals surface area contributed by atoms with Crippen LogP contribution in [0.25, 0.3) is 0 Å². The fourth-order valence-electron chi connectivity index (χ4n) is 2.95. The molecule has 2 aromatic carbocycles. The summed E-state index contributed by atoms with van der Waals surface area (Å²) < 4.78 is 7.00. The summed E-state index contributed by atoms with van der Waals surface area (Å²) in [6.45, 7) is 1.48. The molecule has 1 aliphatic heterocycles. The van der Waals surface area contributed by atoms with E-state index in [1.807, 2.05) is 24.3 Å². The number of hydrogen-bond acceptors (Lipinski definition) is 5. The van der Waals surface area contributed by atoms with Crippen molar-refractivity contribution in [2.45, 2.75) is 18.9 Å². The van der Waals surface area contributed by atoms with Crippen molar-refractivity contribution >= 4 is 27.3 Å². The number of nitro benzene ring substituents is 1. The zero-order chi connectivity index (χ0) is 17.8. The van der Waals surface area contributed by atoms with Gasteiger partial charge in [0.15, 0.2) is 0 Å². The molecule has 128 valence electrons. The van der Waals surface area contributed by atoms with E-state index in [0.29, 0.717) is 5.56 Å². The molecule has 1 saturated heterocycles. The van der Waals surface area contributed by atoms with Gasteiger partial charge in [-0.25, -0.2) is 0 Å². The van der Waals surface area contributed by atoms with Crippen LogP contribution in [0.4, 0.5) is 11.4 Å². The number of benzene rings is 2. The van der Waals surface area contributed by atoms with Gasteiger partial charge in [0, 0.05) is 42.5 Å². The van der Waals surface area contributed by atoms with Crippen molar-refractivity contribution in [3.05, 3.63) is 62.6 Å². The Kier molecular flexibility index (Phi) is 5.19. The van der Waals surface area contributed by atoms with Gasteiger partial charge in [-0.05, 0) is 24.3 Å². The molecule has 25 heavy (non-hydrogen) atoms. The minimum atomic E-state index is -0.483. The topological polar surface area (TPSA) is 79.4 Å². The summed E-state index contributed by atoms with van der Waals surface area (Å²) in [6.07, 6.45) is 1.78. The first-order valence-corrected chi connectivity index (χ1v) is 8.72. The molecule has 0 amide bonds. The normalized spacial score (nSPS) is 14.8. The Morgan fingerprint density at radius 3 is 2.64 bits per heavy atom. The van der Waals surface area contributed by atoms with Gasteiger partial charge in [0.25, 0.3) is 5.69 Å². The van der Waals surface area contributed by atoms with E-state index in [4.69, 9.17) is 4.74 Å². The maximum atomic E-state index is 10.9. The number of non-ortho nitro benzene ring substituents is 1. The second kappa shape index (κ2) is 7.53. The van der Waals surface area contributed by atoms with Crippen LogP contribution in [0.5, 0.6) is 5.75 Å². The summed E-state index contributed by atoms with van der Waals surface area (Å²) in [4.78, 5) is 12.5. The Morgan fingerprint density at radius 2 is 2.00 bits per heavy atom. The van der Waals surface area contributed by atoms with E-state index in [-0.39, 0.29) is 11.8 Å². The number of nitrogens with zero attached hydrogens (tertiary/aromatic N) is 3. The Bertz CT molecular complexity index is 827. The molecule has 2 aromatic rings. The van der Waals surface area contributed by atoms with Gasteiger partial charge in [0.05, 0.1) is 16.2 Å². The molecule has 3 rings (SSSR count). The largest absolute Gasteiger partial charge is 0.490 e. The zero-order valence-electron chi connectivity index (χ0n) is 13.4. The Hall–Kier alpha value is -2.59. The monoisotopic (exact) mass is 401 g/mol. The van der Waals surface area contributed by atoms with Crippen LogP contribution in [0.1, 0.15) is 18.4 Å². The summed E-state index contributed by atoms with van der Waals surface area (Å²) in [5, 5.41) is 20.2. The van der Waals surface area contributed by atoms with Gasteiger partial charge in [-0.15, -0.1) is 0 Å². The molecular formula is C18H16BrN3O3. The Labute approximate surface area is 153 Å². The smallest absolute Gasteiger partial charge is 0.270 e. The zero-order valence-corrected chi connectivity index (χ0v) is 15.0. The molecule has 1 heterocycles. The maximum Gasteiger partial charge on any atom is 0.270 e. The SMILES string of the molecule is N#Cc1cc([N+](=O)[O-])ccc1N1CCC(Oc2cccc(Br)c2)CC1. The van der Waals surface area contributed by atoms with Crippen molar-refractivity contribution in [2.24, 2.45) is 0 Å². The second-order valence-corrected chi connectivity index (χ2v) is 6.75. The van der Waals surface area contributed by atoms with E-state index in [0.717, 1.165) is 41.8 Å². The van der Waals surface area contributed by atoms with Crippen molar-refractivity contribution in [1.29, 1.82) is 5.26 Å². The van der Waals surface area contributed by atoms with Crippen LogP contribution in [0.2, 0.25) is 0 Å². The average molecular weight is 402 g/mol. The molecule has 0 saturated carbocycles. The molecule has 0 bridgehead atoms. The lowest BCUT2D eigenvalue weighted by atomic mass is 10.0. The maximum absolute atomic E-state index is 10.9. The van der Waals surface area contributed by atoms with Crippen molar-refractivity contribution in [3.8, 4) is 11.8 Å². The summed E-state index contributed by atoms with van der Waals surface area (Å²) in [7, 11) is 0. The fraction of sp³-hybridized carbons (Fsp3) is 0.278. The standard InChI is InChI=1S/C18H16BrN3O3/c19-14-2-1-3-17(11-14)25-16-6-8-21(9-7-16)18-5-4-15(22(23)24)10-13(18)12-20/h1-5,10-11,16H,6-9H2. The Balaban J connectivity index is 1.66. The predicted octanol–water partition coefficient (Wildman–Crippen LogP) is 4.28. The molecule has 0 aromatic heterocycles. The molecule has 0 atom stereocenters. The quantitative estimate of drug-likeness (QED) is 0.564. The highest BCUT2D eigenvalue weighted by Crippen LogP contribution is 2.29. The molecule has 0 radical (unpaired) electrons. The number of halogens is 1. The first kappa shape index (κ1) is 17.2. The van der Waals surface area contributed by atoms with E-state index in [9.17, 15) is 15.4 Å². The number of rotatable bonds is 4. The van der Waals surface area contributed by atoms with E-state index in [1.165, 1.54) is 12.1 Å². The van der Waals surface area contributed by atoms with E-state index < -0.39 is 4.92 Å². The number of piperidine rings is 1. The van der Waals surface area contributed by atoms with Crippen molar-refractivity contribution < 1.29 is 9.66 Å². The molecule has 0 N–H and O–H groups in total. The molecule has 6 nitrogen and oxygen atoms in total. The van der Waals surface area contributed by atoms with Crippen LogP contribution < -0.4 is 9.64 Å². The van der Waals surface area contributed by atoms with Crippen LogP contribution in [-0.2, 0) is 0 Å². The highest BCUT2D eigenvalue weighted by molar-refractivity contribution is 9.10. The molecule has 0 unspecified atom stereocenters. The van der Waals surface area contributed by atoms with Gasteiger partial charge < -0.3 is 9.64 Å². The fourth-order valence-corrected chi connectivity index (χ4v) is 3.33. The average Bonchev–Trinajstić information content (AvgIpc) is 2.62. The van der Waals surface area contributed by atoms with Crippen LogP contribution >= 0.6 is 15.9 Å². The number of ether oxygens (including phenoxy) is 1. The van der Waals surface area contributed by atoms with E-state index >= 15 is 0 Å². The number of nitriles is 1. The predicted molar refractivity (Wildman–Crippen MR) is 97.8 cm³/mol. The minimum absolute atomic E-state index is 0.0619. The highest BCUT2D eigenvalue weighted by atomic mass is 79.9. The molecule has 0 spiro atoms. The lowest BCUT2D eigenvalue weighted by Gasteiger charge is -2.34. The molecule has 7 heteroatoms. The van der Waals surface area contributed by atoms with Gasteiger partial charge in [0.2, 0.25) is 0 Å². The van der Waals surface area contributed by atoms with Crippen LogP contribution in [-0.4, -0.2) is 24.1 Å². The van der Waals surface area contributed by atoms with Crippen molar-refractivity contribution in [1.82, 2.24) is 0 Å². The molecule has 0 aliphatic carbocycles. The van der Waals surface area contributed by atoms with Gasteiger partial charge in [-0.3, -0.25) is 10.1 Å². The summed E-state index contributed by atoms with van der Waals surface area (Å²) >= 11 is 3.43. The number of hydrogen-bond donors (Lipinski definition) is 0. The molecule has 1 fully saturated rings. The van der Waals surface area contributed by atoms with Crippen LogP contribution in [0.15, 0.2) is 46.9 Å². The second-order valence-electron chi connectivity index (χ2n) is 5.83. The van der Waals surface area contributed by atoms with E-state index in [1.54, 1.807) is 6.07 Å². The van der Waals surface area contributed by atoms with Gasteiger partial charge >= 0.3 is 0 Å².